The Bertz CT molecular complexity index is 923. The summed E-state index contributed by atoms with van der Waals surface area (Å²) in [7, 11) is 1.74. The van der Waals surface area contributed by atoms with Gasteiger partial charge in [0.05, 0.1) is 0 Å². The molecular formula is C21H30ClN7O2. The molecule has 0 aliphatic carbocycles. The summed E-state index contributed by atoms with van der Waals surface area (Å²) in [6, 6.07) is 1.02. The molecular weight excluding hydrogens is 418 g/mol. The lowest BCUT2D eigenvalue weighted by Gasteiger charge is -2.24. The molecule has 2 aromatic rings. The largest absolute Gasteiger partial charge is 0.383 e. The zero-order valence-corrected chi connectivity index (χ0v) is 19.0. The summed E-state index contributed by atoms with van der Waals surface area (Å²) in [5, 5.41) is 7.25. The van der Waals surface area contributed by atoms with E-state index in [0.717, 1.165) is 37.7 Å². The van der Waals surface area contributed by atoms with Gasteiger partial charge in [-0.25, -0.2) is 9.97 Å². The normalized spacial score (nSPS) is 17.8. The van der Waals surface area contributed by atoms with Crippen molar-refractivity contribution in [1.29, 1.82) is 0 Å². The van der Waals surface area contributed by atoms with Crippen molar-refractivity contribution < 1.29 is 9.59 Å². The maximum absolute atomic E-state index is 12.9. The molecule has 3 heterocycles. The van der Waals surface area contributed by atoms with Crippen LogP contribution in [0.2, 0.25) is 5.15 Å². The molecule has 1 saturated heterocycles. The number of nitrogens with one attached hydrogen (secondary N) is 1. The van der Waals surface area contributed by atoms with Crippen molar-refractivity contribution in [2.45, 2.75) is 52.0 Å². The fraction of sp³-hybridized carbons (Fsp3) is 0.571. The van der Waals surface area contributed by atoms with Crippen LogP contribution >= 0.6 is 11.6 Å². The fourth-order valence-electron chi connectivity index (χ4n) is 3.98. The van der Waals surface area contributed by atoms with Gasteiger partial charge in [0.2, 0.25) is 5.91 Å². The summed E-state index contributed by atoms with van der Waals surface area (Å²) >= 11 is 6.25. The predicted molar refractivity (Wildman–Crippen MR) is 119 cm³/mol. The van der Waals surface area contributed by atoms with Crippen molar-refractivity contribution in [2.75, 3.05) is 18.8 Å². The fourth-order valence-corrected chi connectivity index (χ4v) is 4.29. The van der Waals surface area contributed by atoms with Crippen molar-refractivity contribution >= 4 is 29.2 Å². The van der Waals surface area contributed by atoms with E-state index in [4.69, 9.17) is 17.3 Å². The van der Waals surface area contributed by atoms with Gasteiger partial charge >= 0.3 is 0 Å². The van der Waals surface area contributed by atoms with Crippen LogP contribution in [0.4, 0.5) is 5.82 Å². The molecule has 2 atom stereocenters. The summed E-state index contributed by atoms with van der Waals surface area (Å²) in [5.74, 6) is 1.07. The lowest BCUT2D eigenvalue weighted by molar-refractivity contribution is -0.132. The van der Waals surface area contributed by atoms with E-state index in [9.17, 15) is 9.59 Å². The van der Waals surface area contributed by atoms with Crippen LogP contribution in [0.25, 0.3) is 0 Å². The minimum Gasteiger partial charge on any atom is -0.383 e. The van der Waals surface area contributed by atoms with E-state index in [0.29, 0.717) is 41.5 Å². The lowest BCUT2D eigenvalue weighted by atomic mass is 9.93. The molecule has 1 unspecified atom stereocenters. The van der Waals surface area contributed by atoms with Gasteiger partial charge < -0.3 is 16.0 Å². The van der Waals surface area contributed by atoms with Crippen molar-refractivity contribution in [3.05, 3.63) is 34.5 Å². The number of carbonyl (C=O) groups is 2. The predicted octanol–water partition coefficient (Wildman–Crippen LogP) is 2.13. The second-order valence-electron chi connectivity index (χ2n) is 8.16. The van der Waals surface area contributed by atoms with Gasteiger partial charge in [0.25, 0.3) is 5.91 Å². The second kappa shape index (κ2) is 10.1. The number of hydrogen-bond donors (Lipinski definition) is 2. The van der Waals surface area contributed by atoms with Gasteiger partial charge in [-0.05, 0) is 57.9 Å². The van der Waals surface area contributed by atoms with Gasteiger partial charge in [-0.15, -0.1) is 0 Å². The van der Waals surface area contributed by atoms with Crippen LogP contribution in [0.1, 0.15) is 54.5 Å². The first kappa shape index (κ1) is 23.0. The van der Waals surface area contributed by atoms with E-state index in [-0.39, 0.29) is 11.8 Å². The van der Waals surface area contributed by atoms with Crippen molar-refractivity contribution in [2.24, 2.45) is 13.0 Å². The maximum atomic E-state index is 12.9. The zero-order chi connectivity index (χ0) is 22.5. The molecule has 0 saturated carbocycles. The smallest absolute Gasteiger partial charge is 0.272 e. The minimum atomic E-state index is -0.602. The summed E-state index contributed by atoms with van der Waals surface area (Å²) in [5.41, 5.74) is 7.12. The second-order valence-corrected chi connectivity index (χ2v) is 8.51. The zero-order valence-electron chi connectivity index (χ0n) is 18.3. The highest BCUT2D eigenvalue weighted by atomic mass is 35.5. The van der Waals surface area contributed by atoms with Crippen LogP contribution in [-0.2, 0) is 18.3 Å². The van der Waals surface area contributed by atoms with Crippen molar-refractivity contribution in [1.82, 2.24) is 30.0 Å². The van der Waals surface area contributed by atoms with E-state index in [2.05, 4.69) is 20.4 Å². The number of anilines is 1. The third-order valence-corrected chi connectivity index (χ3v) is 6.04. The first-order valence-corrected chi connectivity index (χ1v) is 11.0. The lowest BCUT2D eigenvalue weighted by Crippen LogP contribution is -2.47. The Balaban J connectivity index is 1.51. The van der Waals surface area contributed by atoms with Crippen LogP contribution in [0.5, 0.6) is 0 Å². The Labute approximate surface area is 187 Å². The molecule has 3 rings (SSSR count). The summed E-state index contributed by atoms with van der Waals surface area (Å²) < 4.78 is 1.56. The molecule has 0 aromatic carbocycles. The van der Waals surface area contributed by atoms with E-state index in [1.54, 1.807) is 37.8 Å². The van der Waals surface area contributed by atoms with Crippen LogP contribution in [0, 0.1) is 12.8 Å². The monoisotopic (exact) mass is 447 g/mol. The average molecular weight is 448 g/mol. The number of nitrogens with two attached hydrogens (primary N) is 1. The number of rotatable bonds is 6. The van der Waals surface area contributed by atoms with E-state index >= 15 is 0 Å². The third-order valence-electron chi connectivity index (χ3n) is 5.73. The molecule has 3 N–H and O–H groups in total. The van der Waals surface area contributed by atoms with Gasteiger partial charge in [-0.3, -0.25) is 14.3 Å². The quantitative estimate of drug-likeness (QED) is 0.654. The number of aromatic nitrogens is 4. The number of carbonyl (C=O) groups excluding carboxylic acids is 2. The Morgan fingerprint density at radius 3 is 2.77 bits per heavy atom. The van der Waals surface area contributed by atoms with Crippen LogP contribution in [0.3, 0.4) is 0 Å². The molecule has 31 heavy (non-hydrogen) atoms. The highest BCUT2D eigenvalue weighted by Gasteiger charge is 2.26. The number of likely N-dealkylation sites (tertiary alicyclic amines) is 1. The number of halogens is 1. The molecule has 0 spiro atoms. The van der Waals surface area contributed by atoms with Gasteiger partial charge in [0.1, 0.15) is 28.5 Å². The van der Waals surface area contributed by atoms with Crippen LogP contribution < -0.4 is 11.1 Å². The van der Waals surface area contributed by atoms with Gasteiger partial charge in [-0.2, -0.15) is 5.10 Å². The number of aryl methyl sites for hydroxylation is 2. The Kier molecular flexibility index (Phi) is 7.48. The Hall–Kier alpha value is -2.68. The van der Waals surface area contributed by atoms with Crippen molar-refractivity contribution in [3.63, 3.8) is 0 Å². The number of nitrogen functional groups attached to an aromatic ring is 1. The summed E-state index contributed by atoms with van der Waals surface area (Å²) in [6.07, 6.45) is 6.19. The van der Waals surface area contributed by atoms with Gasteiger partial charge in [0, 0.05) is 31.9 Å². The Morgan fingerprint density at radius 2 is 2.10 bits per heavy atom. The molecule has 9 nitrogen and oxygen atoms in total. The highest BCUT2D eigenvalue weighted by Crippen LogP contribution is 2.27. The van der Waals surface area contributed by atoms with Gasteiger partial charge in [0.15, 0.2) is 0 Å². The maximum Gasteiger partial charge on any atom is 0.272 e. The molecule has 0 radical (unpaired) electrons. The third kappa shape index (κ3) is 5.94. The molecule has 1 aliphatic rings. The van der Waals surface area contributed by atoms with Crippen molar-refractivity contribution in [3.8, 4) is 0 Å². The molecule has 1 aliphatic heterocycles. The number of hydrogen-bond acceptors (Lipinski definition) is 6. The number of nitrogens with zero attached hydrogens (tertiary/aromatic N) is 5. The molecule has 2 amide bonds. The Morgan fingerprint density at radius 1 is 1.32 bits per heavy atom. The first-order valence-electron chi connectivity index (χ1n) is 10.6. The van der Waals surface area contributed by atoms with E-state index in [1.165, 1.54) is 0 Å². The van der Waals surface area contributed by atoms with Crippen LogP contribution in [0.15, 0.2) is 12.3 Å². The topological polar surface area (TPSA) is 119 Å². The van der Waals surface area contributed by atoms with E-state index in [1.807, 2.05) is 4.90 Å². The molecule has 1 fully saturated rings. The van der Waals surface area contributed by atoms with E-state index < -0.39 is 6.04 Å². The average Bonchev–Trinajstić information content (AvgIpc) is 3.01. The molecule has 168 valence electrons. The SMILES string of the molecule is Cc1nc(N)c(CCC2CCCN(C(=O)[C@H](C)NC(=O)c3ccn(C)n3)CC2)c(Cl)n1. The first-order chi connectivity index (χ1) is 14.7. The molecule has 0 bridgehead atoms. The van der Waals surface area contributed by atoms with Gasteiger partial charge in [-0.1, -0.05) is 11.6 Å². The molecule has 10 heteroatoms. The molecule has 2 aromatic heterocycles. The summed E-state index contributed by atoms with van der Waals surface area (Å²) in [6.45, 7) is 4.84. The highest BCUT2D eigenvalue weighted by molar-refractivity contribution is 6.30. The summed E-state index contributed by atoms with van der Waals surface area (Å²) in [4.78, 5) is 35.4. The van der Waals surface area contributed by atoms with Crippen LogP contribution in [-0.4, -0.2) is 55.6 Å². The number of amides is 2. The minimum absolute atomic E-state index is 0.0656. The standard InChI is InChI=1S/C21H30ClN7O2/c1-13(24-20(30)17-9-11-28(3)27-17)21(31)29-10-4-5-15(8-12-29)6-7-16-18(22)25-14(2)26-19(16)23/h9,11,13,15H,4-8,10,12H2,1-3H3,(H,24,30)(H2,23,25,26)/t13-,15?/m0/s1.